The first-order valence-electron chi connectivity index (χ1n) is 24.4. The molecule has 2 amide bonds. The molecule has 0 unspecified atom stereocenters. The highest BCUT2D eigenvalue weighted by atomic mass is 16.2. The molecular weight excluding hydrogens is 801 g/mol. The first-order valence-corrected chi connectivity index (χ1v) is 24.4. The number of anilines is 1. The zero-order valence-electron chi connectivity index (χ0n) is 38.1. The summed E-state index contributed by atoms with van der Waals surface area (Å²) in [6.07, 6.45) is 10.4. The smallest absolute Gasteiger partial charge is 0.233 e. The van der Waals surface area contributed by atoms with E-state index in [1.54, 1.807) is 0 Å². The lowest BCUT2D eigenvalue weighted by atomic mass is 9.87. The van der Waals surface area contributed by atoms with Crippen LogP contribution in [0.5, 0.6) is 0 Å². The summed E-state index contributed by atoms with van der Waals surface area (Å²) in [4.78, 5) is 49.7. The van der Waals surface area contributed by atoms with Gasteiger partial charge in [-0.1, -0.05) is 112 Å². The van der Waals surface area contributed by atoms with Crippen molar-refractivity contribution >= 4 is 39.9 Å². The van der Waals surface area contributed by atoms with E-state index in [0.29, 0.717) is 5.91 Å². The highest BCUT2D eigenvalue weighted by molar-refractivity contribution is 6.02. The van der Waals surface area contributed by atoms with Crippen molar-refractivity contribution in [2.24, 2.45) is 4.99 Å². The zero-order chi connectivity index (χ0) is 44.1. The Morgan fingerprint density at radius 3 is 1.80 bits per heavy atom. The number of hydrogen-bond donors (Lipinski definition) is 1. The Hall–Kier alpha value is -6.02. The number of hydrogen-bond acceptors (Lipinski definition) is 5. The summed E-state index contributed by atoms with van der Waals surface area (Å²) in [7, 11) is 0. The van der Waals surface area contributed by atoms with Crippen molar-refractivity contribution in [1.82, 2.24) is 19.8 Å². The van der Waals surface area contributed by atoms with Crippen molar-refractivity contribution in [1.29, 1.82) is 0 Å². The lowest BCUT2D eigenvalue weighted by molar-refractivity contribution is -0.135. The second-order valence-corrected chi connectivity index (χ2v) is 21.1. The summed E-state index contributed by atoms with van der Waals surface area (Å²) in [5, 5.41) is 0. The maximum absolute atomic E-state index is 14.3. The van der Waals surface area contributed by atoms with Gasteiger partial charge in [0.05, 0.1) is 51.7 Å². The average molecular weight is 861 g/mol. The van der Waals surface area contributed by atoms with Crippen molar-refractivity contribution in [2.75, 3.05) is 18.0 Å². The quantitative estimate of drug-likeness (QED) is 0.157. The molecule has 0 bridgehead atoms. The van der Waals surface area contributed by atoms with Crippen LogP contribution in [0.1, 0.15) is 142 Å². The fourth-order valence-electron chi connectivity index (χ4n) is 12.2. The van der Waals surface area contributed by atoms with E-state index in [9.17, 15) is 9.59 Å². The molecule has 12 rings (SSSR count). The van der Waals surface area contributed by atoms with E-state index in [-0.39, 0.29) is 46.3 Å². The molecule has 8 heteroatoms. The Balaban J connectivity index is 0.816. The number of aromatic amines is 1. The molecule has 1 N–H and O–H groups in total. The molecule has 65 heavy (non-hydrogen) atoms. The molecular formula is C57H60N6O2. The third-order valence-electron chi connectivity index (χ3n) is 16.1. The van der Waals surface area contributed by atoms with Crippen LogP contribution in [0.4, 0.5) is 11.4 Å². The maximum atomic E-state index is 14.3. The summed E-state index contributed by atoms with van der Waals surface area (Å²) < 4.78 is 0. The molecule has 3 saturated heterocycles. The number of rotatable bonds is 9. The van der Waals surface area contributed by atoms with E-state index < -0.39 is 0 Å². The van der Waals surface area contributed by atoms with Crippen LogP contribution in [-0.4, -0.2) is 56.4 Å². The lowest BCUT2D eigenvalue weighted by Crippen LogP contribution is -2.45. The number of fused-ring (bicyclic) bond motifs is 2. The van der Waals surface area contributed by atoms with E-state index in [2.05, 4.69) is 150 Å². The van der Waals surface area contributed by atoms with E-state index in [1.165, 1.54) is 27.9 Å². The lowest BCUT2D eigenvalue weighted by Gasteiger charge is -2.34. The second kappa shape index (κ2) is 15.3. The first-order chi connectivity index (χ1) is 31.6. The standard InChI is InChI=1S/C57H60N6O2/c1-55(2,3)40-20-22-43(23-21-40)63-48(37-18-24-44-39(34-37)36-47(58-44)50-16-10-32-61(50)53(64)56(28-29-56)41-12-6-4-7-13-41)26-27-49(63)38-19-25-45-46(35-38)60-52(59-45)51-17-11-33-62(51)54(65)57(30-31-57)42-14-8-5-9-15-42/h4-9,12-15,18-25,34-35,48-51H,10-11,16-17,26-33,36H2,1-3H3,(H,59,60)/t48-,49-,50+,51+/m1/s1. The molecule has 5 heterocycles. The van der Waals surface area contributed by atoms with Crippen molar-refractivity contribution in [3.63, 3.8) is 0 Å². The van der Waals surface area contributed by atoms with Crippen LogP contribution in [-0.2, 0) is 32.3 Å². The highest BCUT2D eigenvalue weighted by Crippen LogP contribution is 2.53. The van der Waals surface area contributed by atoms with Crippen molar-refractivity contribution < 1.29 is 9.59 Å². The summed E-state index contributed by atoms with van der Waals surface area (Å²) >= 11 is 0. The second-order valence-electron chi connectivity index (χ2n) is 21.1. The van der Waals surface area contributed by atoms with Crippen molar-refractivity contribution in [3.8, 4) is 0 Å². The molecule has 5 fully saturated rings. The molecule has 2 saturated carbocycles. The molecule has 6 aliphatic rings. The number of nitrogens with zero attached hydrogens (tertiary/aromatic N) is 5. The number of aromatic nitrogens is 2. The van der Waals surface area contributed by atoms with Gasteiger partial charge in [-0.15, -0.1) is 0 Å². The van der Waals surface area contributed by atoms with Gasteiger partial charge in [-0.05, 0) is 133 Å². The van der Waals surface area contributed by atoms with Crippen LogP contribution in [0, 0.1) is 0 Å². The third-order valence-corrected chi connectivity index (χ3v) is 16.1. The molecule has 6 aromatic rings. The van der Waals surface area contributed by atoms with E-state index in [0.717, 1.165) is 123 Å². The molecule has 8 nitrogen and oxygen atoms in total. The van der Waals surface area contributed by atoms with Gasteiger partial charge in [0.1, 0.15) is 5.82 Å². The third kappa shape index (κ3) is 6.84. The van der Waals surface area contributed by atoms with Crippen LogP contribution in [0.2, 0.25) is 0 Å². The molecule has 0 radical (unpaired) electrons. The van der Waals surface area contributed by atoms with Crippen LogP contribution in [0.3, 0.4) is 0 Å². The number of benzene rings is 5. The Morgan fingerprint density at radius 2 is 1.20 bits per heavy atom. The fraction of sp³-hybridized carbons (Fsp3) is 0.404. The number of imidazole rings is 1. The number of carbonyl (C=O) groups excluding carboxylic acids is 2. The predicted molar refractivity (Wildman–Crippen MR) is 259 cm³/mol. The van der Waals surface area contributed by atoms with Gasteiger partial charge in [-0.25, -0.2) is 4.98 Å². The van der Waals surface area contributed by atoms with E-state index in [4.69, 9.17) is 9.98 Å². The average Bonchev–Trinajstić information content (AvgIpc) is 3.84. The van der Waals surface area contributed by atoms with Gasteiger partial charge in [0.2, 0.25) is 11.8 Å². The van der Waals surface area contributed by atoms with Crippen LogP contribution >= 0.6 is 0 Å². The van der Waals surface area contributed by atoms with Gasteiger partial charge in [0.25, 0.3) is 0 Å². The monoisotopic (exact) mass is 860 g/mol. The molecule has 5 aromatic carbocycles. The molecule has 4 atom stereocenters. The summed E-state index contributed by atoms with van der Waals surface area (Å²) in [5.74, 6) is 1.45. The largest absolute Gasteiger partial charge is 0.357 e. The Labute approximate surface area is 383 Å². The zero-order valence-corrected chi connectivity index (χ0v) is 38.1. The number of aliphatic imine (C=N–C) groups is 1. The van der Waals surface area contributed by atoms with Gasteiger partial charge in [-0.2, -0.15) is 0 Å². The molecule has 0 spiro atoms. The molecule has 4 aliphatic heterocycles. The van der Waals surface area contributed by atoms with Crippen LogP contribution in [0.15, 0.2) is 126 Å². The van der Waals surface area contributed by atoms with Crippen molar-refractivity contribution in [3.05, 3.63) is 161 Å². The van der Waals surface area contributed by atoms with E-state index >= 15 is 0 Å². The minimum Gasteiger partial charge on any atom is -0.357 e. The van der Waals surface area contributed by atoms with Gasteiger partial charge in [0.15, 0.2) is 0 Å². The first kappa shape index (κ1) is 40.5. The van der Waals surface area contributed by atoms with E-state index in [1.807, 2.05) is 12.1 Å². The minimum absolute atomic E-state index is 0.0427. The number of H-pyrrole nitrogens is 1. The van der Waals surface area contributed by atoms with Gasteiger partial charge >= 0.3 is 0 Å². The minimum atomic E-state index is -0.384. The molecule has 2 aliphatic carbocycles. The van der Waals surface area contributed by atoms with Gasteiger partial charge in [0, 0.05) is 30.9 Å². The summed E-state index contributed by atoms with van der Waals surface area (Å²) in [6, 6.07) is 44.2. The Bertz CT molecular complexity index is 2830. The van der Waals surface area contributed by atoms with Gasteiger partial charge < -0.3 is 19.7 Å². The SMILES string of the molecule is CC(C)(C)c1ccc(N2[C@@H](c3ccc4c(c3)CC([C@@H]3CCCN3C(=O)C3(c5ccccc5)CC3)=N4)CC[C@@H]2c2ccc3nc([C@@H]4CCCN4C(=O)C4(c5ccccc5)CC4)[nH]c3c2)cc1. The highest BCUT2D eigenvalue weighted by Gasteiger charge is 2.56. The summed E-state index contributed by atoms with van der Waals surface area (Å²) in [6.45, 7) is 8.42. The van der Waals surface area contributed by atoms with Crippen LogP contribution < -0.4 is 4.90 Å². The van der Waals surface area contributed by atoms with Crippen LogP contribution in [0.25, 0.3) is 11.0 Å². The number of amides is 2. The topological polar surface area (TPSA) is 84.9 Å². The fourth-order valence-corrected chi connectivity index (χ4v) is 12.2. The number of nitrogens with one attached hydrogen (secondary N) is 1. The molecule has 1 aromatic heterocycles. The maximum Gasteiger partial charge on any atom is 0.233 e. The van der Waals surface area contributed by atoms with Crippen molar-refractivity contribution in [2.45, 2.75) is 132 Å². The normalized spacial score (nSPS) is 24.1. The molecule has 330 valence electrons. The number of likely N-dealkylation sites (tertiary alicyclic amines) is 2. The predicted octanol–water partition coefficient (Wildman–Crippen LogP) is 11.7. The Kier molecular flexibility index (Phi) is 9.52. The Morgan fingerprint density at radius 1 is 0.631 bits per heavy atom. The summed E-state index contributed by atoms with van der Waals surface area (Å²) in [5.41, 5.74) is 12.2. The number of carbonyl (C=O) groups is 2. The van der Waals surface area contributed by atoms with Gasteiger partial charge in [-0.3, -0.25) is 14.6 Å².